The van der Waals surface area contributed by atoms with E-state index in [1.165, 1.54) is 0 Å². The highest BCUT2D eigenvalue weighted by molar-refractivity contribution is 5.93. The molecule has 20 heavy (non-hydrogen) atoms. The van der Waals surface area contributed by atoms with E-state index in [0.29, 0.717) is 0 Å². The van der Waals surface area contributed by atoms with Gasteiger partial charge in [-0.3, -0.25) is 4.79 Å². The maximum Gasteiger partial charge on any atom is 0.159 e. The van der Waals surface area contributed by atoms with Gasteiger partial charge in [-0.15, -0.1) is 0 Å². The molecular formula is C17H22N2O. The lowest BCUT2D eigenvalue weighted by Crippen LogP contribution is -2.16. The number of likely N-dealkylation sites (N-methyl/N-ethyl adjacent to an activating group) is 1. The van der Waals surface area contributed by atoms with Gasteiger partial charge in [-0.1, -0.05) is 43.5 Å². The van der Waals surface area contributed by atoms with Crippen LogP contribution in [0, 0.1) is 0 Å². The summed E-state index contributed by atoms with van der Waals surface area (Å²) in [5.41, 5.74) is 3.67. The van der Waals surface area contributed by atoms with Crippen molar-refractivity contribution < 1.29 is 4.79 Å². The Hall–Kier alpha value is -2.29. The summed E-state index contributed by atoms with van der Waals surface area (Å²) in [6, 6.07) is 7.67. The van der Waals surface area contributed by atoms with Gasteiger partial charge in [-0.05, 0) is 18.1 Å². The van der Waals surface area contributed by atoms with E-state index in [1.54, 1.807) is 13.0 Å². The number of nitrogens with one attached hydrogen (secondary N) is 1. The van der Waals surface area contributed by atoms with Gasteiger partial charge in [0, 0.05) is 32.4 Å². The number of carbonyl (C=O) groups excluding carboxylic acids is 1. The number of allylic oxidation sites excluding steroid dienone is 1. The topological polar surface area (TPSA) is 32.3 Å². The lowest BCUT2D eigenvalue weighted by molar-refractivity contribution is 0.101. The van der Waals surface area contributed by atoms with Crippen LogP contribution in [0.4, 0.5) is 0 Å². The second-order valence-corrected chi connectivity index (χ2v) is 4.69. The van der Waals surface area contributed by atoms with Gasteiger partial charge < -0.3 is 10.2 Å². The van der Waals surface area contributed by atoms with Gasteiger partial charge in [0.1, 0.15) is 0 Å². The highest BCUT2D eigenvalue weighted by Crippen LogP contribution is 2.10. The van der Waals surface area contributed by atoms with Crippen molar-refractivity contribution in [2.75, 3.05) is 14.1 Å². The number of rotatable bonds is 7. The Labute approximate surface area is 121 Å². The van der Waals surface area contributed by atoms with Gasteiger partial charge in [-0.25, -0.2) is 0 Å². The number of benzene rings is 1. The molecule has 0 saturated carbocycles. The molecule has 0 aliphatic carbocycles. The summed E-state index contributed by atoms with van der Waals surface area (Å²) >= 11 is 0. The quantitative estimate of drug-likeness (QED) is 0.610. The zero-order valence-corrected chi connectivity index (χ0v) is 12.4. The highest BCUT2D eigenvalue weighted by Gasteiger charge is 2.02. The van der Waals surface area contributed by atoms with Gasteiger partial charge in [0.2, 0.25) is 0 Å². The van der Waals surface area contributed by atoms with Crippen molar-refractivity contribution in [3.8, 4) is 0 Å². The van der Waals surface area contributed by atoms with Crippen LogP contribution in [0.3, 0.4) is 0 Å². The zero-order chi connectivity index (χ0) is 15.1. The third kappa shape index (κ3) is 4.43. The minimum atomic E-state index is 0.0875. The summed E-state index contributed by atoms with van der Waals surface area (Å²) in [4.78, 5) is 13.3. The first-order valence-electron chi connectivity index (χ1n) is 6.49. The molecule has 0 saturated heterocycles. The Kier molecular flexibility index (Phi) is 5.78. The lowest BCUT2D eigenvalue weighted by Gasteiger charge is -2.17. The van der Waals surface area contributed by atoms with Crippen LogP contribution in [0.15, 0.2) is 61.0 Å². The van der Waals surface area contributed by atoms with Crippen molar-refractivity contribution in [1.82, 2.24) is 10.2 Å². The molecule has 0 spiro atoms. The van der Waals surface area contributed by atoms with Gasteiger partial charge in [-0.2, -0.15) is 0 Å². The van der Waals surface area contributed by atoms with Gasteiger partial charge in [0.15, 0.2) is 5.78 Å². The van der Waals surface area contributed by atoms with Crippen molar-refractivity contribution in [2.24, 2.45) is 0 Å². The summed E-state index contributed by atoms with van der Waals surface area (Å²) in [5.74, 6) is 0.0875. The van der Waals surface area contributed by atoms with Crippen molar-refractivity contribution in [2.45, 2.75) is 13.5 Å². The summed E-state index contributed by atoms with van der Waals surface area (Å²) < 4.78 is 0. The molecule has 0 amide bonds. The average Bonchev–Trinajstić information content (AvgIpc) is 2.44. The third-order valence-electron chi connectivity index (χ3n) is 3.00. The maximum absolute atomic E-state index is 11.2. The predicted molar refractivity (Wildman–Crippen MR) is 84.4 cm³/mol. The van der Waals surface area contributed by atoms with Crippen LogP contribution in [-0.2, 0) is 6.54 Å². The van der Waals surface area contributed by atoms with Crippen LogP contribution in [0.2, 0.25) is 0 Å². The normalized spacial score (nSPS) is 10.8. The third-order valence-corrected chi connectivity index (χ3v) is 3.00. The Balaban J connectivity index is 2.77. The molecule has 1 N–H and O–H groups in total. The van der Waals surface area contributed by atoms with E-state index in [9.17, 15) is 4.79 Å². The summed E-state index contributed by atoms with van der Waals surface area (Å²) in [6.07, 6.45) is 3.71. The number of hydrogen-bond donors (Lipinski definition) is 1. The fourth-order valence-corrected chi connectivity index (χ4v) is 1.82. The lowest BCUT2D eigenvalue weighted by atomic mass is 10.1. The highest BCUT2D eigenvalue weighted by atomic mass is 16.1. The molecule has 0 unspecified atom stereocenters. The second-order valence-electron chi connectivity index (χ2n) is 4.69. The first kappa shape index (κ1) is 15.8. The molecule has 0 heterocycles. The van der Waals surface area contributed by atoms with Crippen LogP contribution in [-0.4, -0.2) is 24.8 Å². The van der Waals surface area contributed by atoms with E-state index in [1.807, 2.05) is 44.6 Å². The van der Waals surface area contributed by atoms with E-state index in [2.05, 4.69) is 23.4 Å². The van der Waals surface area contributed by atoms with Crippen molar-refractivity contribution in [3.05, 3.63) is 72.1 Å². The predicted octanol–water partition coefficient (Wildman–Crippen LogP) is 3.12. The largest absolute Gasteiger partial charge is 0.386 e. The Bertz CT molecular complexity index is 526. The SMILES string of the molecule is C=CC(=C)/C(=C/N(C)Cc1ccc(C(C)=O)cc1)NC. The fraction of sp³-hybridized carbons (Fsp3) is 0.235. The van der Waals surface area contributed by atoms with E-state index in [-0.39, 0.29) is 5.78 Å². The second kappa shape index (κ2) is 7.34. The number of carbonyl (C=O) groups is 1. The van der Waals surface area contributed by atoms with Crippen molar-refractivity contribution in [1.29, 1.82) is 0 Å². The van der Waals surface area contributed by atoms with Gasteiger partial charge in [0.05, 0.1) is 5.70 Å². The molecule has 0 bridgehead atoms. The van der Waals surface area contributed by atoms with Gasteiger partial charge in [0.25, 0.3) is 0 Å². The summed E-state index contributed by atoms with van der Waals surface area (Å²) in [7, 11) is 3.85. The minimum Gasteiger partial charge on any atom is -0.386 e. The molecule has 1 rings (SSSR count). The molecule has 1 aromatic rings. The average molecular weight is 270 g/mol. The first-order valence-corrected chi connectivity index (χ1v) is 6.49. The molecule has 1 aromatic carbocycles. The van der Waals surface area contributed by atoms with Crippen LogP contribution < -0.4 is 5.32 Å². The van der Waals surface area contributed by atoms with E-state index < -0.39 is 0 Å². The maximum atomic E-state index is 11.2. The number of nitrogens with zero attached hydrogens (tertiary/aromatic N) is 1. The fourth-order valence-electron chi connectivity index (χ4n) is 1.82. The van der Waals surface area contributed by atoms with Crippen molar-refractivity contribution in [3.63, 3.8) is 0 Å². The number of Topliss-reactive ketones (excluding diaryl/α,β-unsaturated/α-hetero) is 1. The van der Waals surface area contributed by atoms with Gasteiger partial charge >= 0.3 is 0 Å². The molecule has 0 aliphatic rings. The summed E-state index contributed by atoms with van der Waals surface area (Å²) in [6.45, 7) is 9.97. The van der Waals surface area contributed by atoms with Crippen molar-refractivity contribution >= 4 is 5.78 Å². The number of ketones is 1. The molecular weight excluding hydrogens is 248 g/mol. The van der Waals surface area contributed by atoms with E-state index >= 15 is 0 Å². The molecule has 106 valence electrons. The molecule has 0 fully saturated rings. The molecule has 3 nitrogen and oxygen atoms in total. The minimum absolute atomic E-state index is 0.0875. The monoisotopic (exact) mass is 270 g/mol. The zero-order valence-electron chi connectivity index (χ0n) is 12.4. The van der Waals surface area contributed by atoms with Crippen LogP contribution in [0.5, 0.6) is 0 Å². The molecule has 0 aliphatic heterocycles. The summed E-state index contributed by atoms with van der Waals surface area (Å²) in [5, 5.41) is 3.10. The molecule has 0 aromatic heterocycles. The number of hydrogen-bond acceptors (Lipinski definition) is 3. The molecule has 0 atom stereocenters. The van der Waals surface area contributed by atoms with Crippen LogP contribution >= 0.6 is 0 Å². The van der Waals surface area contributed by atoms with Crippen LogP contribution in [0.25, 0.3) is 0 Å². The van der Waals surface area contributed by atoms with E-state index in [0.717, 1.165) is 28.9 Å². The van der Waals surface area contributed by atoms with E-state index in [4.69, 9.17) is 0 Å². The Morgan fingerprint density at radius 3 is 2.40 bits per heavy atom. The van der Waals surface area contributed by atoms with Crippen LogP contribution in [0.1, 0.15) is 22.8 Å². The Morgan fingerprint density at radius 2 is 1.95 bits per heavy atom. The Morgan fingerprint density at radius 1 is 1.35 bits per heavy atom. The standard InChI is InChI=1S/C17H22N2O/c1-6-13(2)17(18-4)12-19(5)11-15-7-9-16(10-8-15)14(3)20/h6-10,12,18H,1-2,11H2,3-5H3/b17-12-. The molecule has 0 radical (unpaired) electrons. The first-order chi connectivity index (χ1) is 9.47. The molecule has 3 heteroatoms. The smallest absolute Gasteiger partial charge is 0.159 e.